The number of amides is 1. The van der Waals surface area contributed by atoms with Gasteiger partial charge in [0.2, 0.25) is 5.91 Å². The molecule has 1 fully saturated rings. The Kier molecular flexibility index (Phi) is 3.92. The lowest BCUT2D eigenvalue weighted by atomic mass is 10.1. The second-order valence-electron chi connectivity index (χ2n) is 4.04. The Hall–Kier alpha value is -1.06. The molecule has 0 bridgehead atoms. The van der Waals surface area contributed by atoms with Gasteiger partial charge in [0.1, 0.15) is 0 Å². The molecule has 1 saturated carbocycles. The highest BCUT2D eigenvalue weighted by atomic mass is 16.4. The van der Waals surface area contributed by atoms with Crippen molar-refractivity contribution in [3.05, 3.63) is 0 Å². The molecule has 1 aliphatic rings. The van der Waals surface area contributed by atoms with Gasteiger partial charge in [-0.25, -0.2) is 0 Å². The Labute approximate surface area is 83.7 Å². The van der Waals surface area contributed by atoms with Gasteiger partial charge < -0.3 is 10.4 Å². The second kappa shape index (κ2) is 4.98. The summed E-state index contributed by atoms with van der Waals surface area (Å²) < 4.78 is 0. The maximum atomic E-state index is 11.2. The molecule has 1 rings (SSSR count). The summed E-state index contributed by atoms with van der Waals surface area (Å²) in [4.78, 5) is 21.4. The first-order chi connectivity index (χ1) is 6.58. The van der Waals surface area contributed by atoms with E-state index in [1.54, 1.807) is 0 Å². The number of carbonyl (C=O) groups excluding carboxylic acids is 1. The topological polar surface area (TPSA) is 66.4 Å². The monoisotopic (exact) mass is 199 g/mol. The molecule has 0 spiro atoms. The van der Waals surface area contributed by atoms with Crippen LogP contribution in [0.1, 0.15) is 39.0 Å². The molecular weight excluding hydrogens is 182 g/mol. The normalized spacial score (nSPS) is 17.5. The van der Waals surface area contributed by atoms with Crippen molar-refractivity contribution in [2.45, 2.75) is 45.1 Å². The predicted octanol–water partition coefficient (Wildman–Crippen LogP) is 1.16. The van der Waals surface area contributed by atoms with Crippen molar-refractivity contribution in [2.75, 3.05) is 0 Å². The van der Waals surface area contributed by atoms with Gasteiger partial charge in [0.15, 0.2) is 0 Å². The second-order valence-corrected chi connectivity index (χ2v) is 4.04. The lowest BCUT2D eigenvalue weighted by Gasteiger charge is -2.12. The molecule has 0 aromatic heterocycles. The van der Waals surface area contributed by atoms with Crippen molar-refractivity contribution in [3.63, 3.8) is 0 Å². The van der Waals surface area contributed by atoms with Crippen molar-refractivity contribution in [1.29, 1.82) is 0 Å². The van der Waals surface area contributed by atoms with Crippen LogP contribution in [0, 0.1) is 5.92 Å². The van der Waals surface area contributed by atoms with E-state index in [2.05, 4.69) is 5.32 Å². The van der Waals surface area contributed by atoms with E-state index in [1.807, 2.05) is 6.92 Å². The number of rotatable bonds is 6. The third-order valence-electron chi connectivity index (χ3n) is 2.36. The van der Waals surface area contributed by atoms with E-state index in [4.69, 9.17) is 5.11 Å². The van der Waals surface area contributed by atoms with E-state index in [9.17, 15) is 9.59 Å². The van der Waals surface area contributed by atoms with Crippen LogP contribution < -0.4 is 5.32 Å². The minimum Gasteiger partial charge on any atom is -0.481 e. The maximum absolute atomic E-state index is 11.2. The van der Waals surface area contributed by atoms with Gasteiger partial charge in [0, 0.05) is 12.5 Å². The summed E-state index contributed by atoms with van der Waals surface area (Å²) in [6.45, 7) is 1.97. The lowest BCUT2D eigenvalue weighted by molar-refractivity contribution is -0.138. The lowest BCUT2D eigenvalue weighted by Crippen LogP contribution is -2.33. The van der Waals surface area contributed by atoms with Crippen molar-refractivity contribution in [1.82, 2.24) is 5.32 Å². The number of carboxylic acids is 1. The molecule has 0 saturated heterocycles. The van der Waals surface area contributed by atoms with Crippen LogP contribution in [0.15, 0.2) is 0 Å². The Bertz CT molecular complexity index is 223. The van der Waals surface area contributed by atoms with Crippen molar-refractivity contribution < 1.29 is 14.7 Å². The number of aliphatic carboxylic acids is 1. The van der Waals surface area contributed by atoms with Gasteiger partial charge in [0.25, 0.3) is 0 Å². The van der Waals surface area contributed by atoms with Crippen LogP contribution in [0.5, 0.6) is 0 Å². The first kappa shape index (κ1) is 11.0. The highest BCUT2D eigenvalue weighted by Gasteiger charge is 2.24. The number of nitrogens with one attached hydrogen (secondary N) is 1. The van der Waals surface area contributed by atoms with E-state index in [0.717, 1.165) is 12.3 Å². The largest absolute Gasteiger partial charge is 0.481 e. The van der Waals surface area contributed by atoms with E-state index < -0.39 is 5.97 Å². The minimum absolute atomic E-state index is 0.0814. The highest BCUT2D eigenvalue weighted by Crippen LogP contribution is 2.33. The summed E-state index contributed by atoms with van der Waals surface area (Å²) in [6, 6.07) is 0.184. The van der Waals surface area contributed by atoms with Gasteiger partial charge in [-0.3, -0.25) is 9.59 Å². The van der Waals surface area contributed by atoms with Crippen LogP contribution >= 0.6 is 0 Å². The van der Waals surface area contributed by atoms with E-state index in [-0.39, 0.29) is 24.8 Å². The van der Waals surface area contributed by atoms with Gasteiger partial charge >= 0.3 is 5.97 Å². The van der Waals surface area contributed by atoms with E-state index >= 15 is 0 Å². The fourth-order valence-corrected chi connectivity index (χ4v) is 1.48. The molecule has 14 heavy (non-hydrogen) atoms. The first-order valence-electron chi connectivity index (χ1n) is 5.09. The van der Waals surface area contributed by atoms with E-state index in [0.29, 0.717) is 0 Å². The molecule has 0 aliphatic heterocycles. The fourth-order valence-electron chi connectivity index (χ4n) is 1.48. The quantitative estimate of drug-likeness (QED) is 0.674. The Morgan fingerprint density at radius 3 is 2.57 bits per heavy atom. The number of hydrogen-bond acceptors (Lipinski definition) is 2. The van der Waals surface area contributed by atoms with Crippen LogP contribution in [0.4, 0.5) is 0 Å². The SMILES string of the molecule is CC(CC1CC1)NC(=O)CCC(=O)O. The van der Waals surface area contributed by atoms with Crippen LogP contribution in [0.2, 0.25) is 0 Å². The number of carbonyl (C=O) groups is 2. The summed E-state index contributed by atoms with van der Waals surface area (Å²) in [7, 11) is 0. The van der Waals surface area contributed by atoms with Gasteiger partial charge in [-0.1, -0.05) is 12.8 Å². The zero-order valence-corrected chi connectivity index (χ0v) is 8.45. The molecule has 0 aromatic carbocycles. The van der Waals surface area contributed by atoms with Crippen LogP contribution in [0.25, 0.3) is 0 Å². The molecule has 0 heterocycles. The zero-order chi connectivity index (χ0) is 10.6. The summed E-state index contributed by atoms with van der Waals surface area (Å²) in [5.41, 5.74) is 0. The molecule has 2 N–H and O–H groups in total. The Morgan fingerprint density at radius 2 is 2.07 bits per heavy atom. The van der Waals surface area contributed by atoms with E-state index in [1.165, 1.54) is 12.8 Å². The third-order valence-corrected chi connectivity index (χ3v) is 2.36. The molecule has 1 amide bonds. The molecule has 0 radical (unpaired) electrons. The van der Waals surface area contributed by atoms with Crippen LogP contribution in [-0.2, 0) is 9.59 Å². The first-order valence-corrected chi connectivity index (χ1v) is 5.09. The molecular formula is C10H17NO3. The average molecular weight is 199 g/mol. The predicted molar refractivity (Wildman–Crippen MR) is 51.8 cm³/mol. The standard InChI is InChI=1S/C10H17NO3/c1-7(6-8-2-3-8)11-9(12)4-5-10(13)14/h7-8H,2-6H2,1H3,(H,11,12)(H,13,14). The smallest absolute Gasteiger partial charge is 0.303 e. The molecule has 1 unspecified atom stereocenters. The molecule has 4 nitrogen and oxygen atoms in total. The Balaban J connectivity index is 2.08. The molecule has 1 aliphatic carbocycles. The van der Waals surface area contributed by atoms with Gasteiger partial charge in [0.05, 0.1) is 6.42 Å². The highest BCUT2D eigenvalue weighted by molar-refractivity contribution is 5.80. The van der Waals surface area contributed by atoms with Gasteiger partial charge in [-0.15, -0.1) is 0 Å². The number of carboxylic acid groups (broad SMARTS) is 1. The van der Waals surface area contributed by atoms with Crippen LogP contribution in [0.3, 0.4) is 0 Å². The summed E-state index contributed by atoms with van der Waals surface area (Å²) in [6.07, 6.45) is 3.58. The zero-order valence-electron chi connectivity index (χ0n) is 8.45. The fraction of sp³-hybridized carbons (Fsp3) is 0.800. The van der Waals surface area contributed by atoms with Crippen molar-refractivity contribution in [2.24, 2.45) is 5.92 Å². The van der Waals surface area contributed by atoms with Gasteiger partial charge in [-0.05, 0) is 19.3 Å². The number of hydrogen-bond donors (Lipinski definition) is 2. The molecule has 80 valence electrons. The summed E-state index contributed by atoms with van der Waals surface area (Å²) in [5.74, 6) is -0.291. The van der Waals surface area contributed by atoms with Crippen LogP contribution in [-0.4, -0.2) is 23.0 Å². The molecule has 0 aromatic rings. The molecule has 4 heteroatoms. The Morgan fingerprint density at radius 1 is 1.43 bits per heavy atom. The maximum Gasteiger partial charge on any atom is 0.303 e. The van der Waals surface area contributed by atoms with Crippen molar-refractivity contribution >= 4 is 11.9 Å². The average Bonchev–Trinajstić information content (AvgIpc) is 2.84. The minimum atomic E-state index is -0.921. The van der Waals surface area contributed by atoms with Gasteiger partial charge in [-0.2, -0.15) is 0 Å². The summed E-state index contributed by atoms with van der Waals surface area (Å²) >= 11 is 0. The van der Waals surface area contributed by atoms with Crippen molar-refractivity contribution in [3.8, 4) is 0 Å². The molecule has 1 atom stereocenters. The third kappa shape index (κ3) is 4.84. The summed E-state index contributed by atoms with van der Waals surface area (Å²) in [5, 5.41) is 11.2.